The first-order valence-corrected chi connectivity index (χ1v) is 5.13. The highest BCUT2D eigenvalue weighted by atomic mass is 16.3. The zero-order chi connectivity index (χ0) is 11.9. The van der Waals surface area contributed by atoms with Crippen LogP contribution in [0.2, 0.25) is 0 Å². The molecule has 0 bridgehead atoms. The molecule has 0 heterocycles. The molecule has 0 radical (unpaired) electrons. The van der Waals surface area contributed by atoms with Crippen LogP contribution in [0.3, 0.4) is 0 Å². The lowest BCUT2D eigenvalue weighted by molar-refractivity contribution is -0.125. The number of aliphatic hydroxyl groups is 3. The topological polar surface area (TPSA) is 89.8 Å². The summed E-state index contributed by atoms with van der Waals surface area (Å²) < 4.78 is 0. The van der Waals surface area contributed by atoms with Crippen LogP contribution in [-0.2, 0) is 4.79 Å². The molecule has 15 heavy (non-hydrogen) atoms. The summed E-state index contributed by atoms with van der Waals surface area (Å²) in [6, 6.07) is 0. The summed E-state index contributed by atoms with van der Waals surface area (Å²) in [7, 11) is 0. The SMILES string of the molecule is CC(C)CCC(=O)NC(CO)(CO)CO. The smallest absolute Gasteiger partial charge is 0.220 e. The molecule has 0 unspecified atom stereocenters. The third kappa shape index (κ3) is 5.11. The first-order valence-electron chi connectivity index (χ1n) is 5.13. The molecule has 0 aliphatic rings. The van der Waals surface area contributed by atoms with Gasteiger partial charge in [-0.2, -0.15) is 0 Å². The predicted molar refractivity (Wildman–Crippen MR) is 56.2 cm³/mol. The van der Waals surface area contributed by atoms with E-state index >= 15 is 0 Å². The number of hydrogen-bond donors (Lipinski definition) is 4. The molecule has 0 aliphatic heterocycles. The van der Waals surface area contributed by atoms with Gasteiger partial charge in [-0.3, -0.25) is 4.79 Å². The van der Waals surface area contributed by atoms with E-state index in [1.54, 1.807) is 0 Å². The van der Waals surface area contributed by atoms with Gasteiger partial charge >= 0.3 is 0 Å². The molecule has 0 aliphatic carbocycles. The van der Waals surface area contributed by atoms with Gasteiger partial charge in [0.05, 0.1) is 19.8 Å². The summed E-state index contributed by atoms with van der Waals surface area (Å²) in [5.74, 6) is 0.156. The molecule has 5 nitrogen and oxygen atoms in total. The maximum absolute atomic E-state index is 11.4. The third-order valence-electron chi connectivity index (χ3n) is 2.26. The van der Waals surface area contributed by atoms with Crippen molar-refractivity contribution in [2.45, 2.75) is 32.2 Å². The Balaban J connectivity index is 4.11. The van der Waals surface area contributed by atoms with Gasteiger partial charge in [0.25, 0.3) is 0 Å². The number of nitrogens with one attached hydrogen (secondary N) is 1. The second kappa shape index (κ2) is 6.76. The quantitative estimate of drug-likeness (QED) is 0.454. The molecular formula is C10H21NO4. The Morgan fingerprint density at radius 1 is 1.20 bits per heavy atom. The summed E-state index contributed by atoms with van der Waals surface area (Å²) in [5, 5.41) is 29.4. The highest BCUT2D eigenvalue weighted by Crippen LogP contribution is 2.06. The lowest BCUT2D eigenvalue weighted by Crippen LogP contribution is -2.57. The Morgan fingerprint density at radius 3 is 2.00 bits per heavy atom. The van der Waals surface area contributed by atoms with Crippen molar-refractivity contribution >= 4 is 5.91 Å². The minimum Gasteiger partial charge on any atom is -0.394 e. The van der Waals surface area contributed by atoms with Crippen LogP contribution in [0.4, 0.5) is 0 Å². The Labute approximate surface area is 90.1 Å². The zero-order valence-corrected chi connectivity index (χ0v) is 9.36. The number of carbonyl (C=O) groups is 1. The van der Waals surface area contributed by atoms with Crippen LogP contribution in [0.15, 0.2) is 0 Å². The molecule has 0 aromatic carbocycles. The Morgan fingerprint density at radius 2 is 1.67 bits per heavy atom. The Hall–Kier alpha value is -0.650. The van der Waals surface area contributed by atoms with Gasteiger partial charge in [0.2, 0.25) is 5.91 Å². The molecule has 0 aromatic heterocycles. The van der Waals surface area contributed by atoms with E-state index in [-0.39, 0.29) is 5.91 Å². The Bertz CT molecular complexity index is 182. The fraction of sp³-hybridized carbons (Fsp3) is 0.900. The molecular weight excluding hydrogens is 198 g/mol. The van der Waals surface area contributed by atoms with E-state index in [4.69, 9.17) is 15.3 Å². The van der Waals surface area contributed by atoms with Crippen LogP contribution >= 0.6 is 0 Å². The normalized spacial score (nSPS) is 11.9. The molecule has 0 saturated heterocycles. The minimum atomic E-state index is -1.30. The molecule has 0 saturated carbocycles. The highest BCUT2D eigenvalue weighted by molar-refractivity contribution is 5.76. The molecule has 5 heteroatoms. The number of rotatable bonds is 7. The average Bonchev–Trinajstić information content (AvgIpc) is 2.23. The van der Waals surface area contributed by atoms with Crippen LogP contribution in [0, 0.1) is 5.92 Å². The molecule has 0 rings (SSSR count). The summed E-state index contributed by atoms with van der Waals surface area (Å²) in [6.07, 6.45) is 1.07. The van der Waals surface area contributed by atoms with E-state index in [1.807, 2.05) is 13.8 Å². The second-order valence-electron chi connectivity index (χ2n) is 4.24. The van der Waals surface area contributed by atoms with E-state index in [2.05, 4.69) is 5.32 Å². The second-order valence-corrected chi connectivity index (χ2v) is 4.24. The van der Waals surface area contributed by atoms with Crippen molar-refractivity contribution in [2.24, 2.45) is 5.92 Å². The van der Waals surface area contributed by atoms with Gasteiger partial charge in [-0.25, -0.2) is 0 Å². The molecule has 0 spiro atoms. The summed E-state index contributed by atoms with van der Waals surface area (Å²) in [5.41, 5.74) is -1.30. The number of hydrogen-bond acceptors (Lipinski definition) is 4. The van der Waals surface area contributed by atoms with Crippen LogP contribution in [0.25, 0.3) is 0 Å². The van der Waals surface area contributed by atoms with Gasteiger partial charge in [-0.1, -0.05) is 13.8 Å². The van der Waals surface area contributed by atoms with Crippen molar-refractivity contribution in [3.8, 4) is 0 Å². The molecule has 4 N–H and O–H groups in total. The fourth-order valence-corrected chi connectivity index (χ4v) is 1.05. The standard InChI is InChI=1S/C10H21NO4/c1-8(2)3-4-9(15)11-10(5-12,6-13)7-14/h8,12-14H,3-7H2,1-2H3,(H,11,15). The van der Waals surface area contributed by atoms with Crippen LogP contribution in [-0.4, -0.2) is 46.6 Å². The summed E-state index contributed by atoms with van der Waals surface area (Å²) >= 11 is 0. The van der Waals surface area contributed by atoms with Crippen LogP contribution < -0.4 is 5.32 Å². The Kier molecular flexibility index (Phi) is 6.47. The predicted octanol–water partition coefficient (Wildman–Crippen LogP) is -0.746. The van der Waals surface area contributed by atoms with Gasteiger partial charge in [0.1, 0.15) is 5.54 Å². The van der Waals surface area contributed by atoms with Crippen molar-refractivity contribution in [2.75, 3.05) is 19.8 Å². The van der Waals surface area contributed by atoms with Crippen molar-refractivity contribution in [3.05, 3.63) is 0 Å². The van der Waals surface area contributed by atoms with E-state index in [1.165, 1.54) is 0 Å². The third-order valence-corrected chi connectivity index (χ3v) is 2.26. The van der Waals surface area contributed by atoms with Crippen molar-refractivity contribution in [1.29, 1.82) is 0 Å². The minimum absolute atomic E-state index is 0.263. The van der Waals surface area contributed by atoms with Gasteiger partial charge in [0, 0.05) is 6.42 Å². The van der Waals surface area contributed by atoms with E-state index in [0.29, 0.717) is 12.3 Å². The van der Waals surface area contributed by atoms with Gasteiger partial charge in [0.15, 0.2) is 0 Å². The molecule has 0 aromatic rings. The first-order chi connectivity index (χ1) is 6.99. The average molecular weight is 219 g/mol. The van der Waals surface area contributed by atoms with Gasteiger partial charge < -0.3 is 20.6 Å². The summed E-state index contributed by atoms with van der Waals surface area (Å²) in [4.78, 5) is 11.4. The zero-order valence-electron chi connectivity index (χ0n) is 9.36. The number of aliphatic hydroxyl groups excluding tert-OH is 3. The van der Waals surface area contributed by atoms with Gasteiger partial charge in [-0.15, -0.1) is 0 Å². The van der Waals surface area contributed by atoms with Crippen molar-refractivity contribution < 1.29 is 20.1 Å². The molecule has 0 fully saturated rings. The van der Waals surface area contributed by atoms with Crippen LogP contribution in [0.5, 0.6) is 0 Å². The maximum Gasteiger partial charge on any atom is 0.220 e. The van der Waals surface area contributed by atoms with E-state index < -0.39 is 25.4 Å². The molecule has 1 amide bonds. The fourth-order valence-electron chi connectivity index (χ4n) is 1.05. The first kappa shape index (κ1) is 14.3. The highest BCUT2D eigenvalue weighted by Gasteiger charge is 2.29. The van der Waals surface area contributed by atoms with Gasteiger partial charge in [-0.05, 0) is 12.3 Å². The lowest BCUT2D eigenvalue weighted by atomic mass is 10.0. The van der Waals surface area contributed by atoms with Crippen molar-refractivity contribution in [3.63, 3.8) is 0 Å². The largest absolute Gasteiger partial charge is 0.394 e. The molecule has 90 valence electrons. The van der Waals surface area contributed by atoms with Crippen LogP contribution in [0.1, 0.15) is 26.7 Å². The monoisotopic (exact) mass is 219 g/mol. The van der Waals surface area contributed by atoms with Crippen molar-refractivity contribution in [1.82, 2.24) is 5.32 Å². The number of amides is 1. The van der Waals surface area contributed by atoms with E-state index in [9.17, 15) is 4.79 Å². The summed E-state index contributed by atoms with van der Waals surface area (Å²) in [6.45, 7) is 2.57. The number of carbonyl (C=O) groups excluding carboxylic acids is 1. The molecule has 0 atom stereocenters. The maximum atomic E-state index is 11.4. The van der Waals surface area contributed by atoms with E-state index in [0.717, 1.165) is 6.42 Å². The lowest BCUT2D eigenvalue weighted by Gasteiger charge is -2.28.